The molecule has 1 heterocycles. The maximum Gasteiger partial charge on any atom is 0.310 e. The van der Waals surface area contributed by atoms with Crippen molar-refractivity contribution in [1.29, 1.82) is 0 Å². The van der Waals surface area contributed by atoms with Crippen LogP contribution in [0.5, 0.6) is 5.95 Å². The lowest BCUT2D eigenvalue weighted by Gasteiger charge is -1.97. The van der Waals surface area contributed by atoms with Gasteiger partial charge in [0.15, 0.2) is 0 Å². The molecule has 0 spiro atoms. The third kappa shape index (κ3) is 1.83. The van der Waals surface area contributed by atoms with E-state index in [1.54, 1.807) is 6.07 Å². The van der Waals surface area contributed by atoms with Crippen LogP contribution in [0.4, 0.5) is 0 Å². The van der Waals surface area contributed by atoms with E-state index in [0.717, 1.165) is 12.0 Å². The van der Waals surface area contributed by atoms with Gasteiger partial charge in [-0.25, -0.2) is 0 Å². The van der Waals surface area contributed by atoms with Gasteiger partial charge in [-0.05, 0) is 12.5 Å². The second-order valence-electron chi connectivity index (χ2n) is 2.18. The van der Waals surface area contributed by atoms with Crippen molar-refractivity contribution in [2.45, 2.75) is 20.3 Å². The largest absolute Gasteiger partial charge is 0.434 e. The fraction of sp³-hybridized carbons (Fsp3) is 0.375. The molecule has 3 nitrogen and oxygen atoms in total. The summed E-state index contributed by atoms with van der Waals surface area (Å²) < 4.78 is 9.69. The van der Waals surface area contributed by atoms with E-state index < -0.39 is 0 Å². The zero-order valence-electron chi connectivity index (χ0n) is 6.59. The molecule has 1 aromatic rings. The number of rotatable bonds is 2. The standard InChI is InChI=1S/C8H10O3/c1-3-7-4-5-10-8(7)11-6(2)9/h4-5H,3H2,1-2H3. The van der Waals surface area contributed by atoms with E-state index in [-0.39, 0.29) is 5.97 Å². The Morgan fingerprint density at radius 3 is 3.00 bits per heavy atom. The topological polar surface area (TPSA) is 39.4 Å². The van der Waals surface area contributed by atoms with Crippen LogP contribution in [0.2, 0.25) is 0 Å². The Bertz CT molecular complexity index is 250. The van der Waals surface area contributed by atoms with Crippen molar-refractivity contribution < 1.29 is 13.9 Å². The van der Waals surface area contributed by atoms with E-state index in [2.05, 4.69) is 0 Å². The van der Waals surface area contributed by atoms with Crippen LogP contribution in [0.3, 0.4) is 0 Å². The molecule has 0 amide bonds. The van der Waals surface area contributed by atoms with Gasteiger partial charge in [0.2, 0.25) is 0 Å². The highest BCUT2D eigenvalue weighted by Crippen LogP contribution is 2.19. The minimum atomic E-state index is -0.352. The molecule has 0 bridgehead atoms. The van der Waals surface area contributed by atoms with Gasteiger partial charge in [-0.3, -0.25) is 4.79 Å². The summed E-state index contributed by atoms with van der Waals surface area (Å²) in [5.74, 6) is -0.0327. The maximum absolute atomic E-state index is 10.5. The first-order valence-electron chi connectivity index (χ1n) is 3.48. The van der Waals surface area contributed by atoms with Crippen LogP contribution in [0.25, 0.3) is 0 Å². The summed E-state index contributed by atoms with van der Waals surface area (Å²) in [6.45, 7) is 3.32. The van der Waals surface area contributed by atoms with Gasteiger partial charge in [0.1, 0.15) is 0 Å². The van der Waals surface area contributed by atoms with Crippen LogP contribution in [0.1, 0.15) is 19.4 Å². The van der Waals surface area contributed by atoms with Crippen molar-refractivity contribution in [3.05, 3.63) is 17.9 Å². The molecule has 0 aromatic carbocycles. The number of carbonyl (C=O) groups is 1. The van der Waals surface area contributed by atoms with E-state index >= 15 is 0 Å². The van der Waals surface area contributed by atoms with Crippen molar-refractivity contribution in [3.63, 3.8) is 0 Å². The Morgan fingerprint density at radius 1 is 1.73 bits per heavy atom. The average molecular weight is 154 g/mol. The van der Waals surface area contributed by atoms with Gasteiger partial charge < -0.3 is 9.15 Å². The normalized spacial score (nSPS) is 9.64. The van der Waals surface area contributed by atoms with Crippen molar-refractivity contribution in [2.75, 3.05) is 0 Å². The molecule has 0 N–H and O–H groups in total. The Morgan fingerprint density at radius 2 is 2.45 bits per heavy atom. The predicted octanol–water partition coefficient (Wildman–Crippen LogP) is 1.77. The smallest absolute Gasteiger partial charge is 0.310 e. The number of hydrogen-bond donors (Lipinski definition) is 0. The average Bonchev–Trinajstić information content (AvgIpc) is 2.34. The molecule has 0 unspecified atom stereocenters. The van der Waals surface area contributed by atoms with Gasteiger partial charge >= 0.3 is 5.97 Å². The molecule has 0 atom stereocenters. The van der Waals surface area contributed by atoms with E-state index in [4.69, 9.17) is 9.15 Å². The molecule has 0 fully saturated rings. The highest BCUT2D eigenvalue weighted by atomic mass is 16.6. The first kappa shape index (κ1) is 7.85. The molecule has 60 valence electrons. The quantitative estimate of drug-likeness (QED) is 0.609. The summed E-state index contributed by atoms with van der Waals surface area (Å²) in [6, 6.07) is 1.79. The zero-order valence-corrected chi connectivity index (χ0v) is 6.59. The maximum atomic E-state index is 10.5. The minimum absolute atomic E-state index is 0.319. The van der Waals surface area contributed by atoms with E-state index in [9.17, 15) is 4.79 Å². The summed E-state index contributed by atoms with van der Waals surface area (Å²) in [7, 11) is 0. The Labute approximate surface area is 65.0 Å². The number of esters is 1. The van der Waals surface area contributed by atoms with Crippen molar-refractivity contribution in [3.8, 4) is 5.95 Å². The summed E-state index contributed by atoms with van der Waals surface area (Å²) >= 11 is 0. The number of hydrogen-bond acceptors (Lipinski definition) is 3. The molecule has 1 rings (SSSR count). The molecule has 3 heteroatoms. The third-order valence-corrected chi connectivity index (χ3v) is 1.32. The Kier molecular flexibility index (Phi) is 2.31. The van der Waals surface area contributed by atoms with Gasteiger partial charge in [0.25, 0.3) is 5.95 Å². The lowest BCUT2D eigenvalue weighted by atomic mass is 10.3. The second kappa shape index (κ2) is 3.23. The van der Waals surface area contributed by atoms with Crippen LogP contribution < -0.4 is 4.74 Å². The summed E-state index contributed by atoms with van der Waals surface area (Å²) in [5, 5.41) is 0. The van der Waals surface area contributed by atoms with Crippen LogP contribution in [0, 0.1) is 0 Å². The molecule has 0 saturated heterocycles. The van der Waals surface area contributed by atoms with Crippen LogP contribution >= 0.6 is 0 Å². The van der Waals surface area contributed by atoms with Crippen molar-refractivity contribution in [1.82, 2.24) is 0 Å². The second-order valence-corrected chi connectivity index (χ2v) is 2.18. The molecule has 0 aliphatic carbocycles. The molecular formula is C8H10O3. The van der Waals surface area contributed by atoms with Gasteiger partial charge in [0.05, 0.1) is 6.26 Å². The summed E-state index contributed by atoms with van der Waals surface area (Å²) in [4.78, 5) is 10.5. The highest BCUT2D eigenvalue weighted by molar-refractivity contribution is 5.68. The molecule has 0 aliphatic heterocycles. The lowest BCUT2D eigenvalue weighted by Crippen LogP contribution is -2.01. The zero-order chi connectivity index (χ0) is 8.27. The summed E-state index contributed by atoms with van der Waals surface area (Å²) in [6.07, 6.45) is 2.32. The fourth-order valence-electron chi connectivity index (χ4n) is 0.804. The molecule has 0 radical (unpaired) electrons. The number of carbonyl (C=O) groups excluding carboxylic acids is 1. The van der Waals surface area contributed by atoms with Gasteiger partial charge in [-0.2, -0.15) is 0 Å². The van der Waals surface area contributed by atoms with Gasteiger partial charge in [-0.1, -0.05) is 6.92 Å². The Hall–Kier alpha value is -1.25. The summed E-state index contributed by atoms with van der Waals surface area (Å²) in [5.41, 5.74) is 0.917. The van der Waals surface area contributed by atoms with E-state index in [0.29, 0.717) is 5.95 Å². The van der Waals surface area contributed by atoms with Crippen molar-refractivity contribution in [2.24, 2.45) is 0 Å². The fourth-order valence-corrected chi connectivity index (χ4v) is 0.804. The molecular weight excluding hydrogens is 144 g/mol. The third-order valence-electron chi connectivity index (χ3n) is 1.32. The predicted molar refractivity (Wildman–Crippen MR) is 39.4 cm³/mol. The lowest BCUT2D eigenvalue weighted by molar-refractivity contribution is -0.133. The first-order valence-corrected chi connectivity index (χ1v) is 3.48. The SMILES string of the molecule is CCc1ccoc1OC(C)=O. The molecule has 1 aromatic heterocycles. The van der Waals surface area contributed by atoms with Crippen molar-refractivity contribution >= 4 is 5.97 Å². The Balaban J connectivity index is 2.76. The first-order chi connectivity index (χ1) is 5.24. The number of ether oxygens (including phenoxy) is 1. The minimum Gasteiger partial charge on any atom is -0.434 e. The van der Waals surface area contributed by atoms with Gasteiger partial charge in [-0.15, -0.1) is 0 Å². The van der Waals surface area contributed by atoms with Crippen LogP contribution in [-0.2, 0) is 11.2 Å². The van der Waals surface area contributed by atoms with E-state index in [1.165, 1.54) is 13.2 Å². The van der Waals surface area contributed by atoms with Gasteiger partial charge in [0, 0.05) is 12.5 Å². The monoisotopic (exact) mass is 154 g/mol. The van der Waals surface area contributed by atoms with E-state index in [1.807, 2.05) is 6.92 Å². The molecule has 0 saturated carbocycles. The number of aryl methyl sites for hydroxylation is 1. The molecule has 0 aliphatic rings. The highest BCUT2D eigenvalue weighted by Gasteiger charge is 2.06. The number of furan rings is 1. The molecule has 11 heavy (non-hydrogen) atoms. The van der Waals surface area contributed by atoms with Crippen LogP contribution in [0.15, 0.2) is 16.7 Å². The van der Waals surface area contributed by atoms with Crippen LogP contribution in [-0.4, -0.2) is 5.97 Å².